The predicted molar refractivity (Wildman–Crippen MR) is 115 cm³/mol. The third-order valence-corrected chi connectivity index (χ3v) is 6.50. The first-order chi connectivity index (χ1) is 12.2. The summed E-state index contributed by atoms with van der Waals surface area (Å²) in [6, 6.07) is 15.3. The molecule has 6 heteroatoms. The van der Waals surface area contributed by atoms with Gasteiger partial charge < -0.3 is 10.6 Å². The van der Waals surface area contributed by atoms with Crippen molar-refractivity contribution in [2.75, 3.05) is 12.4 Å². The Bertz CT molecular complexity index is 908. The maximum Gasteiger partial charge on any atom is 0.111 e. The van der Waals surface area contributed by atoms with Gasteiger partial charge in [-0.05, 0) is 37.2 Å². The third kappa shape index (κ3) is 3.62. The van der Waals surface area contributed by atoms with Gasteiger partial charge in [0.05, 0.1) is 23.1 Å². The smallest absolute Gasteiger partial charge is 0.111 e. The number of rotatable bonds is 4. The molecule has 1 aromatic heterocycles. The quantitative estimate of drug-likeness (QED) is 0.416. The molecule has 1 aliphatic rings. The summed E-state index contributed by atoms with van der Waals surface area (Å²) < 4.78 is 0. The molecule has 0 radical (unpaired) electrons. The average molecular weight is 404 g/mol. The minimum atomic E-state index is 0. The number of para-hydroxylation sites is 1. The van der Waals surface area contributed by atoms with Gasteiger partial charge in [0.25, 0.3) is 0 Å². The summed E-state index contributed by atoms with van der Waals surface area (Å²) in [5.41, 5.74) is 4.54. The van der Waals surface area contributed by atoms with Gasteiger partial charge in [-0.25, -0.2) is 4.98 Å². The van der Waals surface area contributed by atoms with Crippen molar-refractivity contribution in [1.82, 2.24) is 10.3 Å². The first-order valence-electron chi connectivity index (χ1n) is 8.46. The van der Waals surface area contributed by atoms with Gasteiger partial charge in [-0.2, -0.15) is 0 Å². The van der Waals surface area contributed by atoms with E-state index in [1.807, 2.05) is 18.8 Å². The van der Waals surface area contributed by atoms with E-state index in [2.05, 4.69) is 72.3 Å². The van der Waals surface area contributed by atoms with Crippen LogP contribution >= 0.6 is 35.5 Å². The van der Waals surface area contributed by atoms with Crippen molar-refractivity contribution in [2.24, 2.45) is 5.92 Å². The fourth-order valence-electron chi connectivity index (χ4n) is 3.10. The summed E-state index contributed by atoms with van der Waals surface area (Å²) in [6.45, 7) is 4.44. The van der Waals surface area contributed by atoms with Crippen LogP contribution in [0.5, 0.6) is 0 Å². The molecule has 0 saturated heterocycles. The van der Waals surface area contributed by atoms with Crippen molar-refractivity contribution in [3.05, 3.63) is 52.9 Å². The molecule has 26 heavy (non-hydrogen) atoms. The SMILES string of the molecule is CNC(c1nc(-c2ccc3c(c2)Nc2ccccc2S3)cs1)C(C)C.Cl. The van der Waals surface area contributed by atoms with Crippen LogP contribution < -0.4 is 10.6 Å². The largest absolute Gasteiger partial charge is 0.354 e. The maximum absolute atomic E-state index is 4.89. The van der Waals surface area contributed by atoms with Crippen LogP contribution in [0.1, 0.15) is 24.9 Å². The zero-order valence-electron chi connectivity index (χ0n) is 14.9. The van der Waals surface area contributed by atoms with Gasteiger partial charge in [-0.15, -0.1) is 23.7 Å². The lowest BCUT2D eigenvalue weighted by Gasteiger charge is -2.21. The Morgan fingerprint density at radius 1 is 1.04 bits per heavy atom. The van der Waals surface area contributed by atoms with Gasteiger partial charge in [0.2, 0.25) is 0 Å². The lowest BCUT2D eigenvalue weighted by molar-refractivity contribution is 0.441. The van der Waals surface area contributed by atoms with E-state index in [9.17, 15) is 0 Å². The van der Waals surface area contributed by atoms with Gasteiger partial charge in [-0.3, -0.25) is 0 Å². The molecule has 0 bridgehead atoms. The molecule has 2 N–H and O–H groups in total. The second kappa shape index (κ2) is 8.01. The van der Waals surface area contributed by atoms with Crippen molar-refractivity contribution < 1.29 is 0 Å². The molecule has 0 fully saturated rings. The fourth-order valence-corrected chi connectivity index (χ4v) is 5.18. The molecule has 0 spiro atoms. The lowest BCUT2D eigenvalue weighted by atomic mass is 10.1. The monoisotopic (exact) mass is 403 g/mol. The molecule has 0 aliphatic carbocycles. The van der Waals surface area contributed by atoms with Crippen molar-refractivity contribution in [3.63, 3.8) is 0 Å². The number of nitrogens with zero attached hydrogens (tertiary/aromatic N) is 1. The number of nitrogens with one attached hydrogen (secondary N) is 2. The van der Waals surface area contributed by atoms with Crippen molar-refractivity contribution >= 4 is 46.9 Å². The van der Waals surface area contributed by atoms with Gasteiger partial charge >= 0.3 is 0 Å². The van der Waals surface area contributed by atoms with E-state index in [0.29, 0.717) is 12.0 Å². The summed E-state index contributed by atoms with van der Waals surface area (Å²) in [6.07, 6.45) is 0. The highest BCUT2D eigenvalue weighted by atomic mass is 35.5. The minimum Gasteiger partial charge on any atom is -0.354 e. The van der Waals surface area contributed by atoms with Crippen LogP contribution in [0.2, 0.25) is 0 Å². The predicted octanol–water partition coefficient (Wildman–Crippen LogP) is 6.36. The third-order valence-electron chi connectivity index (χ3n) is 4.42. The summed E-state index contributed by atoms with van der Waals surface area (Å²) >= 11 is 3.55. The summed E-state index contributed by atoms with van der Waals surface area (Å²) in [4.78, 5) is 7.42. The van der Waals surface area contributed by atoms with Crippen LogP contribution in [0.25, 0.3) is 11.3 Å². The molecule has 2 aromatic carbocycles. The van der Waals surface area contributed by atoms with Crippen LogP contribution in [0.15, 0.2) is 57.6 Å². The van der Waals surface area contributed by atoms with Gasteiger partial charge in [0.15, 0.2) is 0 Å². The van der Waals surface area contributed by atoms with Crippen LogP contribution in [0.4, 0.5) is 11.4 Å². The Hall–Kier alpha value is -1.53. The first-order valence-corrected chi connectivity index (χ1v) is 10.2. The van der Waals surface area contributed by atoms with E-state index in [-0.39, 0.29) is 12.4 Å². The second-order valence-corrected chi connectivity index (χ2v) is 8.49. The van der Waals surface area contributed by atoms with Gasteiger partial charge in [0, 0.05) is 20.7 Å². The summed E-state index contributed by atoms with van der Waals surface area (Å²) in [5, 5.41) is 10.2. The maximum atomic E-state index is 4.89. The molecule has 3 aromatic rings. The topological polar surface area (TPSA) is 37.0 Å². The molecule has 3 nitrogen and oxygen atoms in total. The normalized spacial score (nSPS) is 13.4. The number of hydrogen-bond acceptors (Lipinski definition) is 5. The molecule has 1 unspecified atom stereocenters. The molecule has 1 aliphatic heterocycles. The molecule has 0 saturated carbocycles. The standard InChI is InChI=1S/C20H21N3S2.ClH/c1-12(2)19(21-3)20-23-16(11-24-20)13-8-9-18-15(10-13)22-14-6-4-5-7-17(14)25-18;/h4-12,19,21-22H,1-3H3;1H. The highest BCUT2D eigenvalue weighted by Gasteiger charge is 2.19. The van der Waals surface area contributed by atoms with Crippen LogP contribution in [-0.2, 0) is 0 Å². The van der Waals surface area contributed by atoms with E-state index in [0.717, 1.165) is 22.0 Å². The zero-order chi connectivity index (χ0) is 17.4. The number of aromatic nitrogens is 1. The summed E-state index contributed by atoms with van der Waals surface area (Å²) in [5.74, 6) is 0.516. The van der Waals surface area contributed by atoms with E-state index in [1.165, 1.54) is 15.5 Å². The number of thiazole rings is 1. The average Bonchev–Trinajstić information content (AvgIpc) is 3.09. The van der Waals surface area contributed by atoms with E-state index < -0.39 is 0 Å². The van der Waals surface area contributed by atoms with Crippen molar-refractivity contribution in [1.29, 1.82) is 0 Å². The highest BCUT2D eigenvalue weighted by Crippen LogP contribution is 2.45. The Morgan fingerprint density at radius 3 is 2.58 bits per heavy atom. The van der Waals surface area contributed by atoms with Crippen LogP contribution in [-0.4, -0.2) is 12.0 Å². The van der Waals surface area contributed by atoms with Crippen molar-refractivity contribution in [3.8, 4) is 11.3 Å². The molecule has 2 heterocycles. The van der Waals surface area contributed by atoms with E-state index in [4.69, 9.17) is 4.98 Å². The number of benzene rings is 2. The molecular weight excluding hydrogens is 382 g/mol. The number of halogens is 1. The Balaban J connectivity index is 0.00000196. The molecular formula is C20H22ClN3S2. The molecule has 1 atom stereocenters. The first kappa shape index (κ1) is 19.2. The van der Waals surface area contributed by atoms with Crippen LogP contribution in [0.3, 0.4) is 0 Å². The Labute approximate surface area is 169 Å². The number of hydrogen-bond donors (Lipinski definition) is 2. The van der Waals surface area contributed by atoms with E-state index in [1.54, 1.807) is 11.3 Å². The van der Waals surface area contributed by atoms with Gasteiger partial charge in [-0.1, -0.05) is 43.8 Å². The molecule has 4 rings (SSSR count). The number of fused-ring (bicyclic) bond motifs is 2. The number of anilines is 2. The van der Waals surface area contributed by atoms with Crippen molar-refractivity contribution in [2.45, 2.75) is 29.7 Å². The van der Waals surface area contributed by atoms with Gasteiger partial charge in [0.1, 0.15) is 5.01 Å². The summed E-state index contributed by atoms with van der Waals surface area (Å²) in [7, 11) is 2.00. The Kier molecular flexibility index (Phi) is 5.92. The van der Waals surface area contributed by atoms with E-state index >= 15 is 0 Å². The second-order valence-electron chi connectivity index (χ2n) is 6.52. The fraction of sp³-hybridized carbons (Fsp3) is 0.250. The van der Waals surface area contributed by atoms with Crippen LogP contribution in [0, 0.1) is 5.92 Å². The lowest BCUT2D eigenvalue weighted by Crippen LogP contribution is -2.21. The molecule has 0 amide bonds. The zero-order valence-corrected chi connectivity index (χ0v) is 17.4. The Morgan fingerprint density at radius 2 is 1.81 bits per heavy atom. The minimum absolute atomic E-state index is 0. The molecule has 136 valence electrons. The highest BCUT2D eigenvalue weighted by molar-refractivity contribution is 7.99.